The summed E-state index contributed by atoms with van der Waals surface area (Å²) in [7, 11) is -2.27. The number of esters is 1. The number of aryl methyl sites for hydroxylation is 1. The highest BCUT2D eigenvalue weighted by atomic mass is 32.2. The number of carbonyl (C=O) groups is 2. The molecule has 0 atom stereocenters. The zero-order valence-corrected chi connectivity index (χ0v) is 18.0. The predicted octanol–water partition coefficient (Wildman–Crippen LogP) is 3.60. The number of nitrogens with zero attached hydrogens (tertiary/aromatic N) is 1. The van der Waals surface area contributed by atoms with Gasteiger partial charge < -0.3 is 10.1 Å². The van der Waals surface area contributed by atoms with Crippen molar-refractivity contribution in [2.45, 2.75) is 37.5 Å². The van der Waals surface area contributed by atoms with Crippen molar-refractivity contribution in [2.24, 2.45) is 0 Å². The van der Waals surface area contributed by atoms with E-state index in [0.717, 1.165) is 31.2 Å². The number of methoxy groups -OCH3 is 1. The lowest BCUT2D eigenvalue weighted by Crippen LogP contribution is -2.31. The third-order valence-corrected chi connectivity index (χ3v) is 7.14. The average Bonchev–Trinajstić information content (AvgIpc) is 3.05. The molecule has 160 valence electrons. The molecule has 1 N–H and O–H groups in total. The highest BCUT2D eigenvalue weighted by Crippen LogP contribution is 2.22. The number of hydrogen-bond acceptors (Lipinski definition) is 5. The standard InChI is InChI=1S/C22H26N2O5S/c1-16-7-8-18(22(26)29-2)15-20(16)23-21(25)17-9-11-19(12-10-17)30(27,28)24-13-5-3-4-6-14-24/h7-12,15H,3-6,13-14H2,1-2H3,(H,23,25). The summed E-state index contributed by atoms with van der Waals surface area (Å²) >= 11 is 0. The molecule has 0 aliphatic carbocycles. The lowest BCUT2D eigenvalue weighted by molar-refractivity contribution is 0.0600. The second-order valence-corrected chi connectivity index (χ2v) is 9.26. The topological polar surface area (TPSA) is 92.8 Å². The van der Waals surface area contributed by atoms with E-state index < -0.39 is 16.0 Å². The van der Waals surface area contributed by atoms with Gasteiger partial charge in [-0.3, -0.25) is 4.79 Å². The van der Waals surface area contributed by atoms with Gasteiger partial charge in [-0.2, -0.15) is 4.31 Å². The molecule has 30 heavy (non-hydrogen) atoms. The zero-order valence-electron chi connectivity index (χ0n) is 17.2. The summed E-state index contributed by atoms with van der Waals surface area (Å²) < 4.78 is 32.0. The van der Waals surface area contributed by atoms with Crippen LogP contribution in [0.15, 0.2) is 47.4 Å². The molecule has 7 nitrogen and oxygen atoms in total. The molecule has 0 unspecified atom stereocenters. The first kappa shape index (κ1) is 22.0. The van der Waals surface area contributed by atoms with E-state index in [1.807, 2.05) is 6.92 Å². The number of nitrogens with one attached hydrogen (secondary N) is 1. The van der Waals surface area contributed by atoms with Crippen LogP contribution in [-0.2, 0) is 14.8 Å². The van der Waals surface area contributed by atoms with Crippen LogP contribution in [0.3, 0.4) is 0 Å². The van der Waals surface area contributed by atoms with Crippen LogP contribution in [0.1, 0.15) is 52.0 Å². The normalized spacial score (nSPS) is 15.3. The first-order chi connectivity index (χ1) is 14.3. The van der Waals surface area contributed by atoms with E-state index in [1.54, 1.807) is 18.2 Å². The number of sulfonamides is 1. The molecule has 8 heteroatoms. The predicted molar refractivity (Wildman–Crippen MR) is 114 cm³/mol. The Morgan fingerprint density at radius 2 is 1.53 bits per heavy atom. The van der Waals surface area contributed by atoms with Crippen LogP contribution in [-0.4, -0.2) is 44.8 Å². The number of amides is 1. The van der Waals surface area contributed by atoms with Gasteiger partial charge in [-0.25, -0.2) is 13.2 Å². The van der Waals surface area contributed by atoms with Crippen LogP contribution in [0.25, 0.3) is 0 Å². The molecule has 3 rings (SSSR count). The van der Waals surface area contributed by atoms with Gasteiger partial charge in [0.2, 0.25) is 10.0 Å². The van der Waals surface area contributed by atoms with E-state index in [1.165, 1.54) is 35.7 Å². The largest absolute Gasteiger partial charge is 0.465 e. The van der Waals surface area contributed by atoms with Crippen LogP contribution in [0, 0.1) is 6.92 Å². The molecule has 1 heterocycles. The fourth-order valence-electron chi connectivity index (χ4n) is 3.41. The minimum atomic E-state index is -3.56. The lowest BCUT2D eigenvalue weighted by Gasteiger charge is -2.20. The SMILES string of the molecule is COC(=O)c1ccc(C)c(NC(=O)c2ccc(S(=O)(=O)N3CCCCCC3)cc2)c1. The van der Waals surface area contributed by atoms with Gasteiger partial charge in [0.25, 0.3) is 5.91 Å². The molecule has 1 amide bonds. The third kappa shape index (κ3) is 4.88. The van der Waals surface area contributed by atoms with Crippen molar-refractivity contribution in [3.8, 4) is 0 Å². The summed E-state index contributed by atoms with van der Waals surface area (Å²) in [6, 6.07) is 10.8. The molecule has 1 aliphatic rings. The van der Waals surface area contributed by atoms with E-state index in [9.17, 15) is 18.0 Å². The quantitative estimate of drug-likeness (QED) is 0.732. The van der Waals surface area contributed by atoms with Crippen LogP contribution in [0.2, 0.25) is 0 Å². The van der Waals surface area contributed by atoms with Crippen molar-refractivity contribution in [3.05, 3.63) is 59.2 Å². The Hall–Kier alpha value is -2.71. The smallest absolute Gasteiger partial charge is 0.337 e. The number of anilines is 1. The maximum atomic E-state index is 12.9. The van der Waals surface area contributed by atoms with E-state index >= 15 is 0 Å². The Kier molecular flexibility index (Phi) is 6.89. The number of rotatable bonds is 5. The second kappa shape index (κ2) is 9.40. The summed E-state index contributed by atoms with van der Waals surface area (Å²) in [5, 5.41) is 2.77. The van der Waals surface area contributed by atoms with Crippen molar-refractivity contribution in [3.63, 3.8) is 0 Å². The highest BCUT2D eigenvalue weighted by molar-refractivity contribution is 7.89. The first-order valence-corrected chi connectivity index (χ1v) is 11.4. The van der Waals surface area contributed by atoms with Gasteiger partial charge in [0.15, 0.2) is 0 Å². The summed E-state index contributed by atoms with van der Waals surface area (Å²) in [6.45, 7) is 2.87. The molecule has 0 spiro atoms. The monoisotopic (exact) mass is 430 g/mol. The Morgan fingerprint density at radius 3 is 2.13 bits per heavy atom. The molecule has 2 aromatic carbocycles. The summed E-state index contributed by atoms with van der Waals surface area (Å²) in [4.78, 5) is 24.5. The molecule has 1 fully saturated rings. The lowest BCUT2D eigenvalue weighted by atomic mass is 10.1. The molecular weight excluding hydrogens is 404 g/mol. The fraction of sp³-hybridized carbons (Fsp3) is 0.364. The second-order valence-electron chi connectivity index (χ2n) is 7.32. The van der Waals surface area contributed by atoms with Gasteiger partial charge in [-0.15, -0.1) is 0 Å². The number of carbonyl (C=O) groups excluding carboxylic acids is 2. The Balaban J connectivity index is 1.76. The highest BCUT2D eigenvalue weighted by Gasteiger charge is 2.25. The van der Waals surface area contributed by atoms with Gasteiger partial charge in [0.05, 0.1) is 17.6 Å². The number of hydrogen-bond donors (Lipinski definition) is 1. The van der Waals surface area contributed by atoms with Gasteiger partial charge >= 0.3 is 5.97 Å². The van der Waals surface area contributed by atoms with Crippen molar-refractivity contribution >= 4 is 27.6 Å². The zero-order chi connectivity index (χ0) is 21.7. The molecule has 2 aromatic rings. The molecule has 0 saturated carbocycles. The van der Waals surface area contributed by atoms with E-state index in [4.69, 9.17) is 4.74 Å². The first-order valence-electron chi connectivity index (χ1n) is 9.93. The Bertz CT molecular complexity index is 1020. The van der Waals surface area contributed by atoms with Crippen LogP contribution in [0.5, 0.6) is 0 Å². The van der Waals surface area contributed by atoms with Gasteiger partial charge in [-0.05, 0) is 61.7 Å². The van der Waals surface area contributed by atoms with Gasteiger partial charge in [0.1, 0.15) is 0 Å². The van der Waals surface area contributed by atoms with Crippen LogP contribution in [0.4, 0.5) is 5.69 Å². The van der Waals surface area contributed by atoms with Crippen molar-refractivity contribution in [1.29, 1.82) is 0 Å². The minimum absolute atomic E-state index is 0.185. The van der Waals surface area contributed by atoms with Crippen LogP contribution < -0.4 is 5.32 Å². The molecule has 0 radical (unpaired) electrons. The molecular formula is C22H26N2O5S. The number of benzene rings is 2. The van der Waals surface area contributed by atoms with Crippen molar-refractivity contribution in [2.75, 3.05) is 25.5 Å². The maximum Gasteiger partial charge on any atom is 0.337 e. The average molecular weight is 431 g/mol. The van der Waals surface area contributed by atoms with Crippen molar-refractivity contribution in [1.82, 2.24) is 4.31 Å². The molecule has 0 aromatic heterocycles. The minimum Gasteiger partial charge on any atom is -0.465 e. The molecule has 0 bridgehead atoms. The summed E-state index contributed by atoms with van der Waals surface area (Å²) in [6.07, 6.45) is 3.82. The van der Waals surface area contributed by atoms with Crippen LogP contribution >= 0.6 is 0 Å². The Morgan fingerprint density at radius 1 is 0.933 bits per heavy atom. The molecule has 1 aliphatic heterocycles. The van der Waals surface area contributed by atoms with E-state index in [-0.39, 0.29) is 10.8 Å². The van der Waals surface area contributed by atoms with E-state index in [0.29, 0.717) is 29.9 Å². The van der Waals surface area contributed by atoms with Gasteiger partial charge in [-0.1, -0.05) is 18.9 Å². The van der Waals surface area contributed by atoms with Crippen molar-refractivity contribution < 1.29 is 22.7 Å². The fourth-order valence-corrected chi connectivity index (χ4v) is 4.92. The van der Waals surface area contributed by atoms with Gasteiger partial charge in [0, 0.05) is 24.3 Å². The summed E-state index contributed by atoms with van der Waals surface area (Å²) in [5.41, 5.74) is 1.94. The maximum absolute atomic E-state index is 12.9. The van der Waals surface area contributed by atoms with E-state index in [2.05, 4.69) is 5.32 Å². The third-order valence-electron chi connectivity index (χ3n) is 5.23. The molecule has 1 saturated heterocycles. The Labute approximate surface area is 177 Å². The summed E-state index contributed by atoms with van der Waals surface area (Å²) in [5.74, 6) is -0.882. The number of ether oxygens (including phenoxy) is 1.